The van der Waals surface area contributed by atoms with Crippen LogP contribution in [-0.4, -0.2) is 47.3 Å². The Bertz CT molecular complexity index is 1090. The van der Waals surface area contributed by atoms with Gasteiger partial charge in [0.2, 0.25) is 5.91 Å². The fourth-order valence-electron chi connectivity index (χ4n) is 4.55. The second kappa shape index (κ2) is 10.9. The topological polar surface area (TPSA) is 54.5 Å². The van der Waals surface area contributed by atoms with E-state index in [1.54, 1.807) is 23.5 Å². The lowest BCUT2D eigenvalue weighted by atomic mass is 10.0. The molecule has 1 aromatic carbocycles. The van der Waals surface area contributed by atoms with Crippen molar-refractivity contribution in [3.8, 4) is 5.75 Å². The van der Waals surface area contributed by atoms with Gasteiger partial charge in [-0.05, 0) is 44.7 Å². The first-order chi connectivity index (χ1) is 17.3. The van der Waals surface area contributed by atoms with E-state index >= 15 is 0 Å². The van der Waals surface area contributed by atoms with Gasteiger partial charge in [0, 0.05) is 53.5 Å². The van der Waals surface area contributed by atoms with Crippen LogP contribution in [0.3, 0.4) is 0 Å². The number of aromatic nitrogens is 1. The van der Waals surface area contributed by atoms with E-state index in [-0.39, 0.29) is 32.0 Å². The van der Waals surface area contributed by atoms with Gasteiger partial charge in [-0.2, -0.15) is 26.3 Å². The molecule has 1 aromatic heterocycles. The lowest BCUT2D eigenvalue weighted by Gasteiger charge is -2.34. The summed E-state index contributed by atoms with van der Waals surface area (Å²) in [6.07, 6.45) is -8.31. The van der Waals surface area contributed by atoms with Gasteiger partial charge in [0.15, 0.2) is 11.0 Å². The van der Waals surface area contributed by atoms with E-state index < -0.39 is 30.6 Å². The summed E-state index contributed by atoms with van der Waals surface area (Å²) in [5.74, 6) is -4.34. The number of hydrogen-bond donors (Lipinski definition) is 1. The number of likely N-dealkylation sites (tertiary alicyclic amines) is 1. The van der Waals surface area contributed by atoms with Crippen molar-refractivity contribution in [3.05, 3.63) is 33.3 Å². The molecular weight excluding hydrogens is 544 g/mol. The smallest absolute Gasteiger partial charge is 0.400 e. The number of rotatable bonds is 6. The van der Waals surface area contributed by atoms with Crippen LogP contribution in [0.15, 0.2) is 12.1 Å². The number of anilines is 2. The lowest BCUT2D eigenvalue weighted by Crippen LogP contribution is -2.45. The number of benzene rings is 1. The predicted molar refractivity (Wildman–Crippen MR) is 129 cm³/mol. The van der Waals surface area contributed by atoms with E-state index in [9.17, 15) is 31.1 Å². The molecule has 0 bridgehead atoms. The van der Waals surface area contributed by atoms with Gasteiger partial charge in [0.05, 0.1) is 5.69 Å². The van der Waals surface area contributed by atoms with Gasteiger partial charge in [0.1, 0.15) is 11.9 Å². The average molecular weight is 570 g/mol. The standard InChI is InChI=1S/C24H26ClF6N3O2S/c1-13-17(33-22-32-16-4-2-3-5-19(16)37-22)10-14(25)11-18(13)36-15-6-8-34(9-7-15)21(35)12-20(23(26,27)28)24(29,30)31/h10-11,15,20H,2-9,12H2,1H3,(H,32,33). The van der Waals surface area contributed by atoms with Crippen LogP contribution in [0, 0.1) is 12.8 Å². The summed E-state index contributed by atoms with van der Waals surface area (Å²) in [5.41, 5.74) is 2.63. The molecule has 1 aliphatic carbocycles. The molecule has 0 saturated carbocycles. The van der Waals surface area contributed by atoms with Crippen molar-refractivity contribution in [2.45, 2.75) is 70.3 Å². The largest absolute Gasteiger partial charge is 0.490 e. The molecule has 0 spiro atoms. The van der Waals surface area contributed by atoms with Gasteiger partial charge in [-0.1, -0.05) is 11.6 Å². The number of nitrogens with one attached hydrogen (secondary N) is 1. The molecule has 37 heavy (non-hydrogen) atoms. The summed E-state index contributed by atoms with van der Waals surface area (Å²) in [6.45, 7) is 1.86. The van der Waals surface area contributed by atoms with Gasteiger partial charge in [-0.3, -0.25) is 4.79 Å². The minimum absolute atomic E-state index is 0.00131. The third-order valence-electron chi connectivity index (χ3n) is 6.67. The van der Waals surface area contributed by atoms with Gasteiger partial charge in [-0.25, -0.2) is 4.98 Å². The number of amides is 1. The van der Waals surface area contributed by atoms with E-state index in [0.29, 0.717) is 10.8 Å². The third kappa shape index (κ3) is 6.81. The Hall–Kier alpha value is -2.21. The van der Waals surface area contributed by atoms with E-state index in [1.165, 1.54) is 4.88 Å². The van der Waals surface area contributed by atoms with Crippen LogP contribution in [0.2, 0.25) is 5.02 Å². The predicted octanol–water partition coefficient (Wildman–Crippen LogP) is 7.23. The number of piperidine rings is 1. The highest BCUT2D eigenvalue weighted by atomic mass is 35.5. The molecule has 2 heterocycles. The minimum atomic E-state index is -5.54. The van der Waals surface area contributed by atoms with E-state index in [0.717, 1.165) is 52.7 Å². The quantitative estimate of drug-likeness (QED) is 0.373. The van der Waals surface area contributed by atoms with Gasteiger partial charge < -0.3 is 15.0 Å². The highest BCUT2D eigenvalue weighted by molar-refractivity contribution is 7.15. The number of hydrogen-bond acceptors (Lipinski definition) is 5. The number of halogens is 7. The maximum absolute atomic E-state index is 12.8. The van der Waals surface area contributed by atoms with Gasteiger partial charge in [-0.15, -0.1) is 11.3 Å². The first kappa shape index (κ1) is 27.8. The molecule has 0 unspecified atom stereocenters. The molecule has 13 heteroatoms. The molecule has 2 aromatic rings. The van der Waals surface area contributed by atoms with Crippen molar-refractivity contribution in [1.29, 1.82) is 0 Å². The van der Waals surface area contributed by atoms with Crippen molar-refractivity contribution < 1.29 is 35.9 Å². The Labute approximate surface area is 219 Å². The Kier molecular flexibility index (Phi) is 8.18. The highest BCUT2D eigenvalue weighted by Crippen LogP contribution is 2.42. The average Bonchev–Trinajstić information content (AvgIpc) is 3.21. The van der Waals surface area contributed by atoms with Crippen molar-refractivity contribution >= 4 is 39.7 Å². The summed E-state index contributed by atoms with van der Waals surface area (Å²) in [5, 5.41) is 4.52. The zero-order chi connectivity index (χ0) is 27.0. The minimum Gasteiger partial charge on any atom is -0.490 e. The van der Waals surface area contributed by atoms with Crippen molar-refractivity contribution in [1.82, 2.24) is 9.88 Å². The first-order valence-electron chi connectivity index (χ1n) is 11.9. The van der Waals surface area contributed by atoms with Crippen molar-refractivity contribution in [2.24, 2.45) is 5.92 Å². The first-order valence-corrected chi connectivity index (χ1v) is 13.1. The number of aryl methyl sites for hydroxylation is 2. The molecule has 5 nitrogen and oxygen atoms in total. The molecule has 1 N–H and O–H groups in total. The molecular formula is C24H26ClF6N3O2S. The van der Waals surface area contributed by atoms with Crippen LogP contribution in [0.4, 0.5) is 37.2 Å². The van der Waals surface area contributed by atoms with Crippen molar-refractivity contribution in [2.75, 3.05) is 18.4 Å². The zero-order valence-electron chi connectivity index (χ0n) is 19.9. The van der Waals surface area contributed by atoms with Crippen LogP contribution in [0.25, 0.3) is 0 Å². The summed E-state index contributed by atoms with van der Waals surface area (Å²) in [4.78, 5) is 19.2. The number of carbonyl (C=O) groups excluding carboxylic acids is 1. The molecule has 2 aliphatic rings. The molecule has 4 rings (SSSR count). The molecule has 1 aliphatic heterocycles. The summed E-state index contributed by atoms with van der Waals surface area (Å²) in [7, 11) is 0. The Morgan fingerprint density at radius 3 is 2.43 bits per heavy atom. The number of alkyl halides is 6. The number of fused-ring (bicyclic) bond motifs is 1. The van der Waals surface area contributed by atoms with Gasteiger partial charge in [0.25, 0.3) is 0 Å². The molecule has 0 radical (unpaired) electrons. The maximum Gasteiger partial charge on any atom is 0.400 e. The molecule has 204 valence electrons. The second-order valence-corrected chi connectivity index (χ2v) is 10.9. The molecule has 1 fully saturated rings. The Morgan fingerprint density at radius 1 is 1.16 bits per heavy atom. The van der Waals surface area contributed by atoms with Crippen LogP contribution >= 0.6 is 22.9 Å². The molecule has 0 atom stereocenters. The molecule has 1 amide bonds. The summed E-state index contributed by atoms with van der Waals surface area (Å²) in [6, 6.07) is 3.42. The molecule has 1 saturated heterocycles. The van der Waals surface area contributed by atoms with Crippen LogP contribution in [0.5, 0.6) is 5.75 Å². The second-order valence-electron chi connectivity index (χ2n) is 9.34. The highest BCUT2D eigenvalue weighted by Gasteiger charge is 2.57. The number of ether oxygens (including phenoxy) is 1. The van der Waals surface area contributed by atoms with Gasteiger partial charge >= 0.3 is 12.4 Å². The number of thiazole rings is 1. The zero-order valence-corrected chi connectivity index (χ0v) is 21.5. The number of carbonyl (C=O) groups is 1. The fourth-order valence-corrected chi connectivity index (χ4v) is 5.82. The maximum atomic E-state index is 12.8. The summed E-state index contributed by atoms with van der Waals surface area (Å²) >= 11 is 7.93. The summed E-state index contributed by atoms with van der Waals surface area (Å²) < 4.78 is 83.0. The van der Waals surface area contributed by atoms with E-state index in [1.807, 2.05) is 6.92 Å². The van der Waals surface area contributed by atoms with E-state index in [2.05, 4.69) is 10.3 Å². The van der Waals surface area contributed by atoms with E-state index in [4.69, 9.17) is 16.3 Å². The number of nitrogens with zero attached hydrogens (tertiary/aromatic N) is 2. The fraction of sp³-hybridized carbons (Fsp3) is 0.583. The Morgan fingerprint density at radius 2 is 1.81 bits per heavy atom. The van der Waals surface area contributed by atoms with Crippen molar-refractivity contribution in [3.63, 3.8) is 0 Å². The Balaban J connectivity index is 1.37. The van der Waals surface area contributed by atoms with Crippen LogP contribution < -0.4 is 10.1 Å². The van der Waals surface area contributed by atoms with Crippen LogP contribution in [0.1, 0.15) is 48.2 Å². The van der Waals surface area contributed by atoms with Crippen LogP contribution in [-0.2, 0) is 17.6 Å². The lowest BCUT2D eigenvalue weighted by molar-refractivity contribution is -0.284. The normalized spacial score (nSPS) is 17.2. The SMILES string of the molecule is Cc1c(Nc2nc3c(s2)CCCC3)cc(Cl)cc1OC1CCN(C(=O)CC(C(F)(F)F)C(F)(F)F)CC1. The monoisotopic (exact) mass is 569 g/mol. The third-order valence-corrected chi connectivity index (χ3v) is 7.96.